The van der Waals surface area contributed by atoms with Crippen LogP contribution in [0.25, 0.3) is 0 Å². The summed E-state index contributed by atoms with van der Waals surface area (Å²) in [4.78, 5) is 24.5. The van der Waals surface area contributed by atoms with Crippen molar-refractivity contribution in [1.82, 2.24) is 10.6 Å². The van der Waals surface area contributed by atoms with E-state index in [1.807, 2.05) is 13.8 Å². The van der Waals surface area contributed by atoms with Crippen LogP contribution in [0.1, 0.15) is 56.3 Å². The number of halogens is 1. The van der Waals surface area contributed by atoms with Gasteiger partial charge in [-0.3, -0.25) is 9.59 Å². The molecule has 0 spiro atoms. The zero-order valence-corrected chi connectivity index (χ0v) is 15.7. The van der Waals surface area contributed by atoms with Gasteiger partial charge in [0.25, 0.3) is 5.91 Å². The number of carbonyl (C=O) groups is 2. The minimum absolute atomic E-state index is 0.0393. The Labute approximate surface area is 154 Å². The Balaban J connectivity index is 1.81. The van der Waals surface area contributed by atoms with Crippen LogP contribution in [0.5, 0.6) is 5.75 Å². The van der Waals surface area contributed by atoms with Crippen molar-refractivity contribution in [3.05, 3.63) is 28.8 Å². The highest BCUT2D eigenvalue weighted by molar-refractivity contribution is 6.31. The lowest BCUT2D eigenvalue weighted by Gasteiger charge is -2.20. The molecule has 138 valence electrons. The molecule has 1 aromatic rings. The molecule has 0 atom stereocenters. The first-order chi connectivity index (χ1) is 12.0. The maximum Gasteiger partial charge on any atom is 0.255 e. The van der Waals surface area contributed by atoms with E-state index in [4.69, 9.17) is 16.3 Å². The van der Waals surface area contributed by atoms with Crippen molar-refractivity contribution in [3.63, 3.8) is 0 Å². The molecular weight excluding hydrogens is 340 g/mol. The van der Waals surface area contributed by atoms with Gasteiger partial charge in [-0.2, -0.15) is 0 Å². The molecule has 1 fully saturated rings. The van der Waals surface area contributed by atoms with Gasteiger partial charge in [0.05, 0.1) is 11.7 Å². The van der Waals surface area contributed by atoms with E-state index in [2.05, 4.69) is 10.6 Å². The van der Waals surface area contributed by atoms with Crippen LogP contribution < -0.4 is 15.4 Å². The number of hydrogen-bond donors (Lipinski definition) is 2. The van der Waals surface area contributed by atoms with Gasteiger partial charge in [0.1, 0.15) is 5.75 Å². The molecule has 1 saturated carbocycles. The molecule has 5 nitrogen and oxygen atoms in total. The second-order valence-electron chi connectivity index (χ2n) is 6.69. The lowest BCUT2D eigenvalue weighted by molar-refractivity contribution is -0.125. The first-order valence-electron chi connectivity index (χ1n) is 8.99. The molecule has 0 aliphatic heterocycles. The standard InChI is InChI=1S/C19H27ClN2O3/c1-13(2)25-17-9-8-15(20)12-16(17)19(24)22-11-10-21-18(23)14-6-4-3-5-7-14/h8-9,12-14H,3-7,10-11H2,1-2H3,(H,21,23)(H,22,24). The van der Waals surface area contributed by atoms with Crippen molar-refractivity contribution in [2.75, 3.05) is 13.1 Å². The average molecular weight is 367 g/mol. The molecule has 2 rings (SSSR count). The minimum atomic E-state index is -0.259. The Bertz CT molecular complexity index is 598. The number of benzene rings is 1. The minimum Gasteiger partial charge on any atom is -0.490 e. The topological polar surface area (TPSA) is 67.4 Å². The number of hydrogen-bond acceptors (Lipinski definition) is 3. The van der Waals surface area contributed by atoms with Crippen LogP contribution in [-0.2, 0) is 4.79 Å². The highest BCUT2D eigenvalue weighted by Gasteiger charge is 2.20. The Morgan fingerprint density at radius 3 is 2.52 bits per heavy atom. The molecule has 0 bridgehead atoms. The van der Waals surface area contributed by atoms with Gasteiger partial charge in [-0.25, -0.2) is 0 Å². The normalized spacial score (nSPS) is 15.0. The van der Waals surface area contributed by atoms with Gasteiger partial charge in [0.15, 0.2) is 0 Å². The van der Waals surface area contributed by atoms with Crippen molar-refractivity contribution >= 4 is 23.4 Å². The monoisotopic (exact) mass is 366 g/mol. The van der Waals surface area contributed by atoms with E-state index >= 15 is 0 Å². The largest absolute Gasteiger partial charge is 0.490 e. The van der Waals surface area contributed by atoms with Crippen molar-refractivity contribution in [3.8, 4) is 5.75 Å². The Hall–Kier alpha value is -1.75. The van der Waals surface area contributed by atoms with Gasteiger partial charge in [-0.1, -0.05) is 30.9 Å². The molecular formula is C19H27ClN2O3. The Morgan fingerprint density at radius 1 is 1.16 bits per heavy atom. The number of ether oxygens (including phenoxy) is 1. The fraction of sp³-hybridized carbons (Fsp3) is 0.579. The van der Waals surface area contributed by atoms with Gasteiger partial charge in [0, 0.05) is 24.0 Å². The lowest BCUT2D eigenvalue weighted by Crippen LogP contribution is -2.38. The number of rotatable bonds is 7. The third-order valence-electron chi connectivity index (χ3n) is 4.23. The number of nitrogens with one attached hydrogen (secondary N) is 2. The zero-order chi connectivity index (χ0) is 18.2. The second kappa shape index (κ2) is 9.66. The van der Waals surface area contributed by atoms with Crippen LogP contribution in [0.2, 0.25) is 5.02 Å². The first-order valence-corrected chi connectivity index (χ1v) is 9.37. The SMILES string of the molecule is CC(C)Oc1ccc(Cl)cc1C(=O)NCCNC(=O)C1CCCCC1. The van der Waals surface area contributed by atoms with E-state index in [9.17, 15) is 9.59 Å². The summed E-state index contributed by atoms with van der Waals surface area (Å²) in [5, 5.41) is 6.19. The van der Waals surface area contributed by atoms with Crippen LogP contribution >= 0.6 is 11.6 Å². The summed E-state index contributed by atoms with van der Waals surface area (Å²) in [6.07, 6.45) is 5.38. The van der Waals surface area contributed by atoms with Crippen LogP contribution in [0.15, 0.2) is 18.2 Å². The molecule has 2 amide bonds. The van der Waals surface area contributed by atoms with Gasteiger partial charge < -0.3 is 15.4 Å². The fourth-order valence-corrected chi connectivity index (χ4v) is 3.17. The summed E-state index contributed by atoms with van der Waals surface area (Å²) in [7, 11) is 0. The van der Waals surface area contributed by atoms with Crippen LogP contribution in [-0.4, -0.2) is 31.0 Å². The van der Waals surface area contributed by atoms with Crippen LogP contribution in [0, 0.1) is 5.92 Å². The molecule has 0 radical (unpaired) electrons. The summed E-state index contributed by atoms with van der Waals surface area (Å²) < 4.78 is 5.66. The van der Waals surface area contributed by atoms with E-state index in [0.717, 1.165) is 25.7 Å². The van der Waals surface area contributed by atoms with E-state index in [1.165, 1.54) is 6.42 Å². The third kappa shape index (κ3) is 6.24. The molecule has 0 saturated heterocycles. The predicted octanol–water partition coefficient (Wildman–Crippen LogP) is 3.55. The molecule has 2 N–H and O–H groups in total. The van der Waals surface area contributed by atoms with Crippen molar-refractivity contribution in [2.45, 2.75) is 52.1 Å². The Morgan fingerprint density at radius 2 is 1.84 bits per heavy atom. The molecule has 0 aromatic heterocycles. The van der Waals surface area contributed by atoms with Crippen LogP contribution in [0.3, 0.4) is 0 Å². The van der Waals surface area contributed by atoms with Gasteiger partial charge in [-0.05, 0) is 44.9 Å². The van der Waals surface area contributed by atoms with Gasteiger partial charge >= 0.3 is 0 Å². The zero-order valence-electron chi connectivity index (χ0n) is 14.9. The van der Waals surface area contributed by atoms with Crippen molar-refractivity contribution < 1.29 is 14.3 Å². The Kier molecular flexibility index (Phi) is 7.56. The molecule has 1 aliphatic carbocycles. The van der Waals surface area contributed by atoms with Gasteiger partial charge in [0.2, 0.25) is 5.91 Å². The number of amides is 2. The molecule has 1 aliphatic rings. The molecule has 0 unspecified atom stereocenters. The summed E-state index contributed by atoms with van der Waals surface area (Å²) in [5.74, 6) is 0.470. The second-order valence-corrected chi connectivity index (χ2v) is 7.13. The maximum atomic E-state index is 12.4. The maximum absolute atomic E-state index is 12.4. The smallest absolute Gasteiger partial charge is 0.255 e. The highest BCUT2D eigenvalue weighted by atomic mass is 35.5. The fourth-order valence-electron chi connectivity index (χ4n) is 3.00. The molecule has 6 heteroatoms. The van der Waals surface area contributed by atoms with Crippen molar-refractivity contribution in [1.29, 1.82) is 0 Å². The van der Waals surface area contributed by atoms with E-state index in [0.29, 0.717) is 29.4 Å². The van der Waals surface area contributed by atoms with E-state index < -0.39 is 0 Å². The summed E-state index contributed by atoms with van der Waals surface area (Å²) in [5.41, 5.74) is 0.403. The molecule has 25 heavy (non-hydrogen) atoms. The van der Waals surface area contributed by atoms with E-state index in [-0.39, 0.29) is 23.8 Å². The van der Waals surface area contributed by atoms with Crippen LogP contribution in [0.4, 0.5) is 0 Å². The highest BCUT2D eigenvalue weighted by Crippen LogP contribution is 2.24. The van der Waals surface area contributed by atoms with Crippen molar-refractivity contribution in [2.24, 2.45) is 5.92 Å². The lowest BCUT2D eigenvalue weighted by atomic mass is 9.89. The molecule has 1 aromatic carbocycles. The number of carbonyl (C=O) groups excluding carboxylic acids is 2. The quantitative estimate of drug-likeness (QED) is 0.725. The first kappa shape index (κ1) is 19.6. The van der Waals surface area contributed by atoms with E-state index in [1.54, 1.807) is 18.2 Å². The van der Waals surface area contributed by atoms with Gasteiger partial charge in [-0.15, -0.1) is 0 Å². The summed E-state index contributed by atoms with van der Waals surface area (Å²) in [6, 6.07) is 4.98. The average Bonchev–Trinajstić information content (AvgIpc) is 2.60. The summed E-state index contributed by atoms with van der Waals surface area (Å²) in [6.45, 7) is 4.58. The summed E-state index contributed by atoms with van der Waals surface area (Å²) >= 11 is 5.99. The predicted molar refractivity (Wildman–Crippen MR) is 99.1 cm³/mol. The molecule has 0 heterocycles. The third-order valence-corrected chi connectivity index (χ3v) is 4.47.